The minimum absolute atomic E-state index is 0.104. The Morgan fingerprint density at radius 2 is 2.08 bits per heavy atom. The molecule has 2 heteroatoms. The van der Waals surface area contributed by atoms with Crippen molar-refractivity contribution < 1.29 is 9.53 Å². The van der Waals surface area contributed by atoms with E-state index in [1.807, 2.05) is 0 Å². The van der Waals surface area contributed by atoms with Crippen LogP contribution in [0, 0.1) is 5.92 Å². The molecule has 0 aromatic heterocycles. The monoisotopic (exact) mass is 184 g/mol. The van der Waals surface area contributed by atoms with E-state index in [1.165, 1.54) is 7.11 Å². The van der Waals surface area contributed by atoms with Gasteiger partial charge in [-0.1, -0.05) is 26.0 Å². The maximum absolute atomic E-state index is 10.7. The van der Waals surface area contributed by atoms with Gasteiger partial charge in [0.1, 0.15) is 0 Å². The fourth-order valence-corrected chi connectivity index (χ4v) is 1.00. The Morgan fingerprint density at radius 3 is 2.62 bits per heavy atom. The first-order valence-electron chi connectivity index (χ1n) is 4.90. The maximum Gasteiger partial charge on any atom is 0.305 e. The SMILES string of the molecule is COC(=O)CCCC/C=C/C(C)C. The number of carbonyl (C=O) groups is 1. The predicted molar refractivity (Wildman–Crippen MR) is 54.5 cm³/mol. The van der Waals surface area contributed by atoms with E-state index in [0.717, 1.165) is 19.3 Å². The lowest BCUT2D eigenvalue weighted by Crippen LogP contribution is -1.98. The largest absolute Gasteiger partial charge is 0.469 e. The zero-order valence-corrected chi connectivity index (χ0v) is 8.88. The van der Waals surface area contributed by atoms with E-state index in [2.05, 4.69) is 30.7 Å². The van der Waals surface area contributed by atoms with Gasteiger partial charge in [0, 0.05) is 6.42 Å². The summed E-state index contributed by atoms with van der Waals surface area (Å²) in [5, 5.41) is 0. The van der Waals surface area contributed by atoms with Crippen LogP contribution >= 0.6 is 0 Å². The highest BCUT2D eigenvalue weighted by Gasteiger charge is 1.97. The highest BCUT2D eigenvalue weighted by Crippen LogP contribution is 2.03. The third-order valence-electron chi connectivity index (χ3n) is 1.75. The van der Waals surface area contributed by atoms with Crippen LogP contribution in [-0.4, -0.2) is 13.1 Å². The molecule has 76 valence electrons. The van der Waals surface area contributed by atoms with Crippen molar-refractivity contribution in [3.63, 3.8) is 0 Å². The summed E-state index contributed by atoms with van der Waals surface area (Å²) in [4.78, 5) is 10.7. The lowest BCUT2D eigenvalue weighted by atomic mass is 10.1. The van der Waals surface area contributed by atoms with Crippen molar-refractivity contribution in [2.75, 3.05) is 7.11 Å². The molecular weight excluding hydrogens is 164 g/mol. The number of methoxy groups -OCH3 is 1. The predicted octanol–water partition coefficient (Wildman–Crippen LogP) is 2.93. The van der Waals surface area contributed by atoms with Gasteiger partial charge in [0.25, 0.3) is 0 Å². The van der Waals surface area contributed by atoms with E-state index in [1.54, 1.807) is 0 Å². The van der Waals surface area contributed by atoms with Gasteiger partial charge in [0.2, 0.25) is 0 Å². The van der Waals surface area contributed by atoms with Crippen LogP contribution in [-0.2, 0) is 9.53 Å². The highest BCUT2D eigenvalue weighted by molar-refractivity contribution is 5.68. The molecule has 2 nitrogen and oxygen atoms in total. The van der Waals surface area contributed by atoms with Crippen LogP contribution in [0.4, 0.5) is 0 Å². The minimum atomic E-state index is -0.104. The second kappa shape index (κ2) is 7.84. The first-order valence-corrected chi connectivity index (χ1v) is 4.90. The van der Waals surface area contributed by atoms with Crippen LogP contribution in [0.1, 0.15) is 39.5 Å². The number of unbranched alkanes of at least 4 members (excludes halogenated alkanes) is 2. The molecule has 13 heavy (non-hydrogen) atoms. The number of hydrogen-bond acceptors (Lipinski definition) is 2. The molecule has 0 N–H and O–H groups in total. The molecule has 0 spiro atoms. The second-order valence-electron chi connectivity index (χ2n) is 3.49. The molecule has 0 aliphatic carbocycles. The van der Waals surface area contributed by atoms with Crippen molar-refractivity contribution in [2.45, 2.75) is 39.5 Å². The minimum Gasteiger partial charge on any atom is -0.469 e. The van der Waals surface area contributed by atoms with E-state index < -0.39 is 0 Å². The number of carbonyl (C=O) groups excluding carboxylic acids is 1. The molecular formula is C11H20O2. The maximum atomic E-state index is 10.7. The Morgan fingerprint density at radius 1 is 1.38 bits per heavy atom. The first-order chi connectivity index (χ1) is 6.16. The smallest absolute Gasteiger partial charge is 0.305 e. The Balaban J connectivity index is 3.22. The number of rotatable bonds is 6. The van der Waals surface area contributed by atoms with Crippen molar-refractivity contribution in [1.29, 1.82) is 0 Å². The van der Waals surface area contributed by atoms with Gasteiger partial charge in [-0.25, -0.2) is 0 Å². The normalized spacial score (nSPS) is 11.1. The Hall–Kier alpha value is -0.790. The molecule has 0 saturated heterocycles. The van der Waals surface area contributed by atoms with E-state index in [4.69, 9.17) is 0 Å². The summed E-state index contributed by atoms with van der Waals surface area (Å²) in [6, 6.07) is 0. The zero-order chi connectivity index (χ0) is 10.1. The average molecular weight is 184 g/mol. The van der Waals surface area contributed by atoms with Crippen molar-refractivity contribution in [2.24, 2.45) is 5.92 Å². The van der Waals surface area contributed by atoms with Gasteiger partial charge < -0.3 is 4.74 Å². The second-order valence-corrected chi connectivity index (χ2v) is 3.49. The zero-order valence-electron chi connectivity index (χ0n) is 8.88. The number of esters is 1. The van der Waals surface area contributed by atoms with Crippen molar-refractivity contribution in [1.82, 2.24) is 0 Å². The van der Waals surface area contributed by atoms with E-state index >= 15 is 0 Å². The van der Waals surface area contributed by atoms with Gasteiger partial charge in [-0.3, -0.25) is 4.79 Å². The fourth-order valence-electron chi connectivity index (χ4n) is 1.00. The molecule has 0 aromatic carbocycles. The summed E-state index contributed by atoms with van der Waals surface area (Å²) in [6.45, 7) is 4.32. The van der Waals surface area contributed by atoms with Crippen LogP contribution in [0.15, 0.2) is 12.2 Å². The summed E-state index contributed by atoms with van der Waals surface area (Å²) in [7, 11) is 1.43. The molecule has 0 heterocycles. The summed E-state index contributed by atoms with van der Waals surface area (Å²) in [6.07, 6.45) is 7.98. The van der Waals surface area contributed by atoms with Gasteiger partial charge in [-0.15, -0.1) is 0 Å². The molecule has 0 unspecified atom stereocenters. The molecule has 0 bridgehead atoms. The van der Waals surface area contributed by atoms with Crippen molar-refractivity contribution in [3.8, 4) is 0 Å². The summed E-state index contributed by atoms with van der Waals surface area (Å²) in [5.74, 6) is 0.522. The molecule has 0 radical (unpaired) electrons. The Bertz CT molecular complexity index is 159. The lowest BCUT2D eigenvalue weighted by molar-refractivity contribution is -0.140. The van der Waals surface area contributed by atoms with Gasteiger partial charge in [-0.2, -0.15) is 0 Å². The van der Waals surface area contributed by atoms with E-state index in [0.29, 0.717) is 12.3 Å². The molecule has 0 atom stereocenters. The Kier molecular flexibility index (Phi) is 7.36. The standard InChI is InChI=1S/C11H20O2/c1-10(2)8-6-4-5-7-9-11(12)13-3/h6,8,10H,4-5,7,9H2,1-3H3/b8-6+. The summed E-state index contributed by atoms with van der Waals surface area (Å²) >= 11 is 0. The molecule has 0 amide bonds. The molecule has 0 aromatic rings. The van der Waals surface area contributed by atoms with Crippen LogP contribution in [0.5, 0.6) is 0 Å². The van der Waals surface area contributed by atoms with Crippen molar-refractivity contribution >= 4 is 5.97 Å². The molecule has 0 aliphatic rings. The first kappa shape index (κ1) is 12.2. The highest BCUT2D eigenvalue weighted by atomic mass is 16.5. The van der Waals surface area contributed by atoms with Crippen molar-refractivity contribution in [3.05, 3.63) is 12.2 Å². The van der Waals surface area contributed by atoms with Crippen LogP contribution in [0.25, 0.3) is 0 Å². The molecule has 0 saturated carbocycles. The molecule has 0 aliphatic heterocycles. The third-order valence-corrected chi connectivity index (χ3v) is 1.75. The molecule has 0 fully saturated rings. The van der Waals surface area contributed by atoms with E-state index in [-0.39, 0.29) is 5.97 Å². The summed E-state index contributed by atoms with van der Waals surface area (Å²) in [5.41, 5.74) is 0. The fraction of sp³-hybridized carbons (Fsp3) is 0.727. The number of hydrogen-bond donors (Lipinski definition) is 0. The van der Waals surface area contributed by atoms with Gasteiger partial charge in [-0.05, 0) is 25.2 Å². The number of ether oxygens (including phenoxy) is 1. The Labute approximate surface area is 81.0 Å². The van der Waals surface area contributed by atoms with Crippen LogP contribution < -0.4 is 0 Å². The van der Waals surface area contributed by atoms with Crippen LogP contribution in [0.3, 0.4) is 0 Å². The quantitative estimate of drug-likeness (QED) is 0.360. The number of allylic oxidation sites excluding steroid dienone is 2. The lowest BCUT2D eigenvalue weighted by Gasteiger charge is -1.97. The average Bonchev–Trinajstić information content (AvgIpc) is 2.10. The van der Waals surface area contributed by atoms with Gasteiger partial charge in [0.05, 0.1) is 7.11 Å². The summed E-state index contributed by atoms with van der Waals surface area (Å²) < 4.78 is 4.54. The third kappa shape index (κ3) is 9.12. The van der Waals surface area contributed by atoms with E-state index in [9.17, 15) is 4.79 Å². The van der Waals surface area contributed by atoms with Gasteiger partial charge >= 0.3 is 5.97 Å². The van der Waals surface area contributed by atoms with Gasteiger partial charge in [0.15, 0.2) is 0 Å². The molecule has 0 rings (SSSR count). The van der Waals surface area contributed by atoms with Crippen LogP contribution in [0.2, 0.25) is 0 Å². The topological polar surface area (TPSA) is 26.3 Å².